The van der Waals surface area contributed by atoms with Gasteiger partial charge in [-0.15, -0.1) is 11.8 Å². The van der Waals surface area contributed by atoms with Gasteiger partial charge in [-0.3, -0.25) is 4.79 Å². The van der Waals surface area contributed by atoms with Gasteiger partial charge in [0.1, 0.15) is 5.75 Å². The molecule has 26 heavy (non-hydrogen) atoms. The number of nitrogens with one attached hydrogen (secondary N) is 1. The fraction of sp³-hybridized carbons (Fsp3) is 0.316. The first-order valence-corrected chi connectivity index (χ1v) is 9.05. The van der Waals surface area contributed by atoms with Crippen LogP contribution < -0.4 is 24.3 Å². The number of anilines is 1. The van der Waals surface area contributed by atoms with Crippen molar-refractivity contribution in [3.8, 4) is 23.0 Å². The first-order chi connectivity index (χ1) is 12.6. The van der Waals surface area contributed by atoms with Crippen LogP contribution in [0.3, 0.4) is 0 Å². The lowest BCUT2D eigenvalue weighted by molar-refractivity contribution is -0.113. The van der Waals surface area contributed by atoms with Crippen molar-refractivity contribution in [3.63, 3.8) is 0 Å². The number of hydrogen-bond acceptors (Lipinski definition) is 6. The lowest BCUT2D eigenvalue weighted by Gasteiger charge is -2.14. The average Bonchev–Trinajstić information content (AvgIpc) is 2.66. The fourth-order valence-electron chi connectivity index (χ4n) is 2.30. The molecule has 0 heterocycles. The van der Waals surface area contributed by atoms with Gasteiger partial charge < -0.3 is 24.3 Å². The second kappa shape index (κ2) is 9.82. The summed E-state index contributed by atoms with van der Waals surface area (Å²) in [6.45, 7) is 2.57. The SMILES string of the molecule is CCOc1ccc(SCC(=O)Nc2cc(OC)c(OC)c(OC)c2)cc1. The smallest absolute Gasteiger partial charge is 0.234 e. The zero-order valence-electron chi connectivity index (χ0n) is 15.3. The Morgan fingerprint density at radius 2 is 1.62 bits per heavy atom. The number of thioether (sulfide) groups is 1. The molecule has 0 fully saturated rings. The molecule has 2 rings (SSSR count). The molecule has 0 atom stereocenters. The van der Waals surface area contributed by atoms with Crippen molar-refractivity contribution in [2.24, 2.45) is 0 Å². The highest BCUT2D eigenvalue weighted by molar-refractivity contribution is 8.00. The van der Waals surface area contributed by atoms with E-state index in [1.54, 1.807) is 12.1 Å². The second-order valence-corrected chi connectivity index (χ2v) is 6.20. The van der Waals surface area contributed by atoms with Crippen LogP contribution in [0, 0.1) is 0 Å². The summed E-state index contributed by atoms with van der Waals surface area (Å²) in [7, 11) is 4.60. The van der Waals surface area contributed by atoms with E-state index in [0.29, 0.717) is 29.5 Å². The van der Waals surface area contributed by atoms with Gasteiger partial charge in [0.05, 0.1) is 33.7 Å². The van der Waals surface area contributed by atoms with Crippen LogP contribution in [-0.4, -0.2) is 39.6 Å². The molecule has 0 aliphatic heterocycles. The Bertz CT molecular complexity index is 708. The third-order valence-electron chi connectivity index (χ3n) is 3.45. The molecule has 0 radical (unpaired) electrons. The van der Waals surface area contributed by atoms with Crippen molar-refractivity contribution in [2.75, 3.05) is 39.0 Å². The molecule has 0 aromatic heterocycles. The lowest BCUT2D eigenvalue weighted by atomic mass is 10.2. The molecule has 0 aliphatic rings. The van der Waals surface area contributed by atoms with E-state index >= 15 is 0 Å². The van der Waals surface area contributed by atoms with Gasteiger partial charge in [-0.2, -0.15) is 0 Å². The van der Waals surface area contributed by atoms with E-state index in [-0.39, 0.29) is 11.7 Å². The molecule has 0 saturated heterocycles. The van der Waals surface area contributed by atoms with Crippen molar-refractivity contribution in [1.29, 1.82) is 0 Å². The van der Waals surface area contributed by atoms with Gasteiger partial charge in [-0.25, -0.2) is 0 Å². The summed E-state index contributed by atoms with van der Waals surface area (Å²) >= 11 is 1.45. The number of rotatable bonds is 9. The van der Waals surface area contributed by atoms with Crippen molar-refractivity contribution < 1.29 is 23.7 Å². The van der Waals surface area contributed by atoms with Crippen LogP contribution in [0.5, 0.6) is 23.0 Å². The highest BCUT2D eigenvalue weighted by Gasteiger charge is 2.14. The monoisotopic (exact) mass is 377 g/mol. The summed E-state index contributed by atoms with van der Waals surface area (Å²) in [5.41, 5.74) is 0.580. The minimum atomic E-state index is -0.127. The van der Waals surface area contributed by atoms with Gasteiger partial charge in [0.2, 0.25) is 11.7 Å². The van der Waals surface area contributed by atoms with E-state index in [0.717, 1.165) is 10.6 Å². The maximum atomic E-state index is 12.2. The van der Waals surface area contributed by atoms with E-state index in [1.165, 1.54) is 33.1 Å². The fourth-order valence-corrected chi connectivity index (χ4v) is 3.00. The largest absolute Gasteiger partial charge is 0.494 e. The number of carbonyl (C=O) groups is 1. The molecular formula is C19H23NO5S. The summed E-state index contributed by atoms with van der Waals surface area (Å²) in [6.07, 6.45) is 0. The molecule has 0 aliphatic carbocycles. The molecule has 0 unspecified atom stereocenters. The quantitative estimate of drug-likeness (QED) is 0.670. The van der Waals surface area contributed by atoms with Crippen LogP contribution in [-0.2, 0) is 4.79 Å². The van der Waals surface area contributed by atoms with Crippen LogP contribution >= 0.6 is 11.8 Å². The molecule has 1 N–H and O–H groups in total. The number of methoxy groups -OCH3 is 3. The van der Waals surface area contributed by atoms with Gasteiger partial charge in [0, 0.05) is 22.7 Å². The van der Waals surface area contributed by atoms with Crippen LogP contribution in [0.15, 0.2) is 41.3 Å². The Kier molecular flexibility index (Phi) is 7.47. The molecule has 0 spiro atoms. The number of benzene rings is 2. The molecule has 0 saturated carbocycles. The van der Waals surface area contributed by atoms with Crippen LogP contribution in [0.25, 0.3) is 0 Å². The Morgan fingerprint density at radius 3 is 2.12 bits per heavy atom. The normalized spacial score (nSPS) is 10.2. The number of carbonyl (C=O) groups excluding carboxylic acids is 1. The molecule has 2 aromatic carbocycles. The Balaban J connectivity index is 1.98. The predicted octanol–water partition coefficient (Wildman–Crippen LogP) is 3.84. The van der Waals surface area contributed by atoms with Gasteiger partial charge in [0.15, 0.2) is 11.5 Å². The Labute approximate surface area is 157 Å². The van der Waals surface area contributed by atoms with E-state index in [2.05, 4.69) is 5.32 Å². The topological polar surface area (TPSA) is 66.0 Å². The molecular weight excluding hydrogens is 354 g/mol. The average molecular weight is 377 g/mol. The highest BCUT2D eigenvalue weighted by atomic mass is 32.2. The maximum Gasteiger partial charge on any atom is 0.234 e. The molecule has 140 valence electrons. The molecule has 1 amide bonds. The Hall–Kier alpha value is -2.54. The minimum absolute atomic E-state index is 0.127. The standard InChI is InChI=1S/C19H23NO5S/c1-5-25-14-6-8-15(9-7-14)26-12-18(21)20-13-10-16(22-2)19(24-4)17(11-13)23-3/h6-11H,5,12H2,1-4H3,(H,20,21). The molecule has 0 bridgehead atoms. The summed E-state index contributed by atoms with van der Waals surface area (Å²) < 4.78 is 21.3. The van der Waals surface area contributed by atoms with Gasteiger partial charge in [-0.1, -0.05) is 0 Å². The van der Waals surface area contributed by atoms with Crippen molar-refractivity contribution in [1.82, 2.24) is 0 Å². The molecule has 6 nitrogen and oxygen atoms in total. The summed E-state index contributed by atoms with van der Waals surface area (Å²) in [4.78, 5) is 13.2. The van der Waals surface area contributed by atoms with E-state index in [4.69, 9.17) is 18.9 Å². The van der Waals surface area contributed by atoms with E-state index in [9.17, 15) is 4.79 Å². The van der Waals surface area contributed by atoms with Gasteiger partial charge in [-0.05, 0) is 31.2 Å². The molecule has 2 aromatic rings. The summed E-state index contributed by atoms with van der Waals surface area (Å²) in [5, 5.41) is 2.84. The first-order valence-electron chi connectivity index (χ1n) is 8.06. The van der Waals surface area contributed by atoms with Gasteiger partial charge >= 0.3 is 0 Å². The maximum absolute atomic E-state index is 12.2. The Morgan fingerprint density at radius 1 is 1.00 bits per heavy atom. The number of ether oxygens (including phenoxy) is 4. The van der Waals surface area contributed by atoms with E-state index < -0.39 is 0 Å². The number of amides is 1. The third kappa shape index (κ3) is 5.23. The highest BCUT2D eigenvalue weighted by Crippen LogP contribution is 2.40. The zero-order chi connectivity index (χ0) is 18.9. The molecule has 7 heteroatoms. The van der Waals surface area contributed by atoms with Crippen molar-refractivity contribution in [3.05, 3.63) is 36.4 Å². The van der Waals surface area contributed by atoms with Crippen molar-refractivity contribution in [2.45, 2.75) is 11.8 Å². The van der Waals surface area contributed by atoms with Crippen LogP contribution in [0.2, 0.25) is 0 Å². The van der Waals surface area contributed by atoms with E-state index in [1.807, 2.05) is 31.2 Å². The number of hydrogen-bond donors (Lipinski definition) is 1. The summed E-state index contributed by atoms with van der Waals surface area (Å²) in [6, 6.07) is 11.0. The van der Waals surface area contributed by atoms with Gasteiger partial charge in [0.25, 0.3) is 0 Å². The zero-order valence-corrected chi connectivity index (χ0v) is 16.1. The van der Waals surface area contributed by atoms with Crippen molar-refractivity contribution >= 4 is 23.4 Å². The third-order valence-corrected chi connectivity index (χ3v) is 4.47. The van der Waals surface area contributed by atoms with Crippen LogP contribution in [0.4, 0.5) is 5.69 Å². The van der Waals surface area contributed by atoms with Crippen LogP contribution in [0.1, 0.15) is 6.92 Å². The lowest BCUT2D eigenvalue weighted by Crippen LogP contribution is -2.14. The predicted molar refractivity (Wildman–Crippen MR) is 103 cm³/mol. The summed E-state index contributed by atoms with van der Waals surface area (Å²) in [5.74, 6) is 2.43. The first kappa shape index (κ1) is 19.8. The minimum Gasteiger partial charge on any atom is -0.494 e. The second-order valence-electron chi connectivity index (χ2n) is 5.16.